The molecule has 0 aliphatic heterocycles. The molecule has 1 fully saturated rings. The highest BCUT2D eigenvalue weighted by Gasteiger charge is 2.29. The molecule has 0 amide bonds. The van der Waals surface area contributed by atoms with Crippen molar-refractivity contribution in [3.63, 3.8) is 0 Å². The van der Waals surface area contributed by atoms with Crippen LogP contribution in [0, 0.1) is 29.4 Å². The first kappa shape index (κ1) is 24.0. The molecule has 0 bridgehead atoms. The first-order valence-corrected chi connectivity index (χ1v) is 12.4. The van der Waals surface area contributed by atoms with Crippen LogP contribution in [0.2, 0.25) is 5.02 Å². The first-order chi connectivity index (χ1) is 16.9. The molecule has 0 spiro atoms. The molecule has 3 aromatic rings. The van der Waals surface area contributed by atoms with Crippen molar-refractivity contribution < 1.29 is 23.4 Å². The number of ether oxygens (including phenoxy) is 2. The molecule has 7 heteroatoms. The summed E-state index contributed by atoms with van der Waals surface area (Å²) in [6, 6.07) is 9.26. The molecule has 4 nitrogen and oxygen atoms in total. The Morgan fingerprint density at radius 2 is 1.77 bits per heavy atom. The van der Waals surface area contributed by atoms with E-state index in [1.807, 2.05) is 12.3 Å². The number of rotatable bonds is 8. The number of aromatic nitrogens is 1. The van der Waals surface area contributed by atoms with Gasteiger partial charge in [-0.1, -0.05) is 18.5 Å². The fourth-order valence-corrected chi connectivity index (χ4v) is 5.29. The smallest absolute Gasteiger partial charge is 0.213 e. The minimum Gasteiger partial charge on any atom is -0.493 e. The van der Waals surface area contributed by atoms with Crippen LogP contribution < -0.4 is 9.47 Å². The van der Waals surface area contributed by atoms with Crippen molar-refractivity contribution in [2.75, 3.05) is 13.2 Å². The van der Waals surface area contributed by atoms with Crippen LogP contribution in [0.15, 0.2) is 42.6 Å². The fourth-order valence-electron chi connectivity index (χ4n) is 5.02. The van der Waals surface area contributed by atoms with Gasteiger partial charge < -0.3 is 14.6 Å². The molecular formula is C28H28ClF2NO3. The molecule has 2 aliphatic carbocycles. The third-order valence-electron chi connectivity index (χ3n) is 7.01. The summed E-state index contributed by atoms with van der Waals surface area (Å²) in [5, 5.41) is 9.45. The third-order valence-corrected chi connectivity index (χ3v) is 7.33. The molecule has 1 unspecified atom stereocenters. The molecule has 184 valence electrons. The maximum Gasteiger partial charge on any atom is 0.213 e. The van der Waals surface area contributed by atoms with E-state index in [0.717, 1.165) is 31.7 Å². The Labute approximate surface area is 208 Å². The van der Waals surface area contributed by atoms with Crippen LogP contribution in [0.1, 0.15) is 36.5 Å². The summed E-state index contributed by atoms with van der Waals surface area (Å²) in [5.74, 6) is 1.02. The standard InChI is InChI=1S/C28H28ClF2NO3/c1-16-4-19-9-28(32-12-20(19)5-16)35-15-21-8-24(27(31)11-26(21)30)23-3-2-22(10-25(23)29)34-14-18-6-17(7-18)13-33/h2-3,8-12,16-18,33H,4-7,13-15H2,1H3. The van der Waals surface area contributed by atoms with Gasteiger partial charge in [0.05, 0.1) is 11.6 Å². The van der Waals surface area contributed by atoms with Crippen molar-refractivity contribution in [2.45, 2.75) is 39.2 Å². The number of hydrogen-bond donors (Lipinski definition) is 1. The van der Waals surface area contributed by atoms with Crippen molar-refractivity contribution in [1.82, 2.24) is 4.98 Å². The fraction of sp³-hybridized carbons (Fsp3) is 0.393. The van der Waals surface area contributed by atoms with Crippen molar-refractivity contribution in [3.8, 4) is 22.8 Å². The minimum absolute atomic E-state index is 0.0739. The Kier molecular flexibility index (Phi) is 6.94. The molecular weight excluding hydrogens is 472 g/mol. The number of hydrogen-bond acceptors (Lipinski definition) is 4. The zero-order valence-electron chi connectivity index (χ0n) is 19.6. The molecule has 0 saturated heterocycles. The van der Waals surface area contributed by atoms with E-state index in [1.54, 1.807) is 18.2 Å². The monoisotopic (exact) mass is 499 g/mol. The maximum absolute atomic E-state index is 14.7. The summed E-state index contributed by atoms with van der Waals surface area (Å²) >= 11 is 6.46. The number of benzene rings is 2. The summed E-state index contributed by atoms with van der Waals surface area (Å²) in [5.41, 5.74) is 3.30. The lowest BCUT2D eigenvalue weighted by Crippen LogP contribution is -2.30. The SMILES string of the molecule is CC1Cc2cnc(OCc3cc(-c4ccc(OCC5CC(CO)C5)cc4Cl)c(F)cc3F)cc2C1. The third kappa shape index (κ3) is 5.29. The van der Waals surface area contributed by atoms with Gasteiger partial charge in [0.2, 0.25) is 5.88 Å². The van der Waals surface area contributed by atoms with Gasteiger partial charge in [-0.2, -0.15) is 0 Å². The first-order valence-electron chi connectivity index (χ1n) is 12.0. The average Bonchev–Trinajstić information content (AvgIpc) is 3.17. The topological polar surface area (TPSA) is 51.6 Å². The van der Waals surface area contributed by atoms with Crippen molar-refractivity contribution >= 4 is 11.6 Å². The van der Waals surface area contributed by atoms with Gasteiger partial charge in [0.25, 0.3) is 0 Å². The normalized spacial score (nSPS) is 20.9. The highest BCUT2D eigenvalue weighted by atomic mass is 35.5. The van der Waals surface area contributed by atoms with Gasteiger partial charge >= 0.3 is 0 Å². The second-order valence-corrected chi connectivity index (χ2v) is 10.3. The lowest BCUT2D eigenvalue weighted by atomic mass is 9.76. The molecule has 0 radical (unpaired) electrons. The Morgan fingerprint density at radius 1 is 0.971 bits per heavy atom. The van der Waals surface area contributed by atoms with Crippen LogP contribution >= 0.6 is 11.6 Å². The highest BCUT2D eigenvalue weighted by molar-refractivity contribution is 6.33. The van der Waals surface area contributed by atoms with Gasteiger partial charge in [-0.05, 0) is 78.8 Å². The molecule has 1 atom stereocenters. The van der Waals surface area contributed by atoms with E-state index < -0.39 is 11.6 Å². The average molecular weight is 500 g/mol. The Bertz CT molecular complexity index is 1230. The molecule has 2 aliphatic rings. The van der Waals surface area contributed by atoms with Crippen LogP contribution in [-0.2, 0) is 19.4 Å². The second kappa shape index (κ2) is 10.1. The minimum atomic E-state index is -0.698. The largest absolute Gasteiger partial charge is 0.493 e. The Morgan fingerprint density at radius 3 is 2.54 bits per heavy atom. The molecule has 1 aromatic heterocycles. The number of aliphatic hydroxyl groups is 1. The van der Waals surface area contributed by atoms with Crippen molar-refractivity contribution in [1.29, 1.82) is 0 Å². The summed E-state index contributed by atoms with van der Waals surface area (Å²) in [6.45, 7) is 2.89. The molecule has 5 rings (SSSR count). The van der Waals surface area contributed by atoms with Gasteiger partial charge in [-0.25, -0.2) is 13.8 Å². The van der Waals surface area contributed by atoms with Gasteiger partial charge in [0.15, 0.2) is 0 Å². The quantitative estimate of drug-likeness (QED) is 0.390. The summed E-state index contributed by atoms with van der Waals surface area (Å²) in [4.78, 5) is 4.33. The van der Waals surface area contributed by atoms with Gasteiger partial charge in [-0.15, -0.1) is 0 Å². The lowest BCUT2D eigenvalue weighted by Gasteiger charge is -2.33. The Balaban J connectivity index is 1.28. The number of aliphatic hydroxyl groups excluding tert-OH is 1. The van der Waals surface area contributed by atoms with Crippen molar-refractivity contribution in [2.24, 2.45) is 17.8 Å². The van der Waals surface area contributed by atoms with Gasteiger partial charge in [0, 0.05) is 41.6 Å². The predicted molar refractivity (Wildman–Crippen MR) is 131 cm³/mol. The summed E-state index contributed by atoms with van der Waals surface area (Å²) < 4.78 is 40.8. The number of fused-ring (bicyclic) bond motifs is 1. The van der Waals surface area contributed by atoms with E-state index >= 15 is 0 Å². The van der Waals surface area contributed by atoms with E-state index in [4.69, 9.17) is 26.2 Å². The second-order valence-electron chi connectivity index (χ2n) is 9.86. The van der Waals surface area contributed by atoms with Crippen LogP contribution in [-0.4, -0.2) is 23.3 Å². The predicted octanol–water partition coefficient (Wildman–Crippen LogP) is 6.39. The van der Waals surface area contributed by atoms with Gasteiger partial charge in [-0.3, -0.25) is 0 Å². The van der Waals surface area contributed by atoms with Gasteiger partial charge in [0.1, 0.15) is 24.0 Å². The number of pyridine rings is 1. The van der Waals surface area contributed by atoms with E-state index in [1.165, 1.54) is 17.2 Å². The van der Waals surface area contributed by atoms with Crippen LogP contribution in [0.3, 0.4) is 0 Å². The zero-order chi connectivity index (χ0) is 24.5. The van der Waals surface area contributed by atoms with Crippen LogP contribution in [0.5, 0.6) is 11.6 Å². The molecule has 1 saturated carbocycles. The molecule has 1 N–H and O–H groups in total. The van der Waals surface area contributed by atoms with E-state index in [9.17, 15) is 8.78 Å². The van der Waals surface area contributed by atoms with E-state index in [0.29, 0.717) is 46.6 Å². The van der Waals surface area contributed by atoms with Crippen molar-refractivity contribution in [3.05, 3.63) is 75.9 Å². The highest BCUT2D eigenvalue weighted by Crippen LogP contribution is 2.36. The lowest BCUT2D eigenvalue weighted by molar-refractivity contribution is 0.0730. The van der Waals surface area contributed by atoms with E-state index in [-0.39, 0.29) is 24.3 Å². The van der Waals surface area contributed by atoms with Crippen LogP contribution in [0.4, 0.5) is 8.78 Å². The molecule has 1 heterocycles. The zero-order valence-corrected chi connectivity index (χ0v) is 20.3. The maximum atomic E-state index is 14.7. The number of halogens is 3. The number of nitrogens with zero attached hydrogens (tertiary/aromatic N) is 1. The summed E-state index contributed by atoms with van der Waals surface area (Å²) in [7, 11) is 0. The molecule has 35 heavy (non-hydrogen) atoms. The van der Waals surface area contributed by atoms with Crippen LogP contribution in [0.25, 0.3) is 11.1 Å². The summed E-state index contributed by atoms with van der Waals surface area (Å²) in [6.07, 6.45) is 5.71. The molecule has 2 aromatic carbocycles. The van der Waals surface area contributed by atoms with E-state index in [2.05, 4.69) is 11.9 Å². The Hall–Kier alpha value is -2.70.